The number of hydrogen-bond donors (Lipinski definition) is 1. The van der Waals surface area contributed by atoms with Crippen molar-refractivity contribution in [2.75, 3.05) is 18.3 Å². The molecule has 0 bridgehead atoms. The maximum atomic E-state index is 15.3. The molecule has 696 valence electrons. The molecular formula is C126H88F3Ir2KN8O3Si-2. The minimum absolute atomic E-state index is 0. The van der Waals surface area contributed by atoms with E-state index < -0.39 is 32.1 Å². The van der Waals surface area contributed by atoms with Gasteiger partial charge in [-0.05, 0) is 258 Å². The fourth-order valence-corrected chi connectivity index (χ4v) is 23.0. The van der Waals surface area contributed by atoms with Crippen LogP contribution in [0.4, 0.5) is 64.4 Å². The predicted molar refractivity (Wildman–Crippen MR) is 568 cm³/mol. The van der Waals surface area contributed by atoms with Crippen LogP contribution in [0.2, 0.25) is 0 Å². The third-order valence-electron chi connectivity index (χ3n) is 24.2. The molecule has 0 saturated carbocycles. The van der Waals surface area contributed by atoms with E-state index in [4.69, 9.17) is 11.7 Å². The molecule has 5 heterocycles. The van der Waals surface area contributed by atoms with E-state index in [1.807, 2.05) is 30.3 Å². The van der Waals surface area contributed by atoms with Crippen molar-refractivity contribution >= 4 is 71.7 Å². The average molecular weight is 2270 g/mol. The van der Waals surface area contributed by atoms with Crippen LogP contribution in [0.5, 0.6) is 0 Å². The summed E-state index contributed by atoms with van der Waals surface area (Å²) in [6.07, 6.45) is 4.64. The van der Waals surface area contributed by atoms with E-state index in [2.05, 4.69) is 451 Å². The molecule has 0 fully saturated rings. The summed E-state index contributed by atoms with van der Waals surface area (Å²) in [6, 6.07) is 175. The van der Waals surface area contributed by atoms with Gasteiger partial charge in [-0.1, -0.05) is 333 Å². The van der Waals surface area contributed by atoms with Crippen LogP contribution in [0.3, 0.4) is 0 Å². The standard InChI is InChI=1S/C61H42O.C36H28N4Si.C12H6FN2.C11H6F2N.C6H5NO2.2Ir.K.H/c62-61(59-39-55(51-29-13-25-47(33-51)43-17-5-1-6-18-43)37-56(40-59)52-30-14-26-48(34-52)44-19-7-2-8-20-44)60-41-57(53-31-15-27-49(35-53)45-21-9-3-10-22-45)38-58(42-60)54-32-16-28-50(36-54)46-23-11-4-12-24-46;1-5-17-29(18-6-1)37-33-25-13-14-26-34(33)38(30-19-7-2-8-20-30)41(37)39(31-21-9-3-10-22-31)35-27-15-16-28-36(35)40(41)32-23-11-4-12-24-32;1-14-12-8-9(5-6-10(12)13)11-4-2-3-7-15-11;12-8-4-5-9(10(13)7-8)11-3-1-2-6-14-11;8-6(9)5-3-1-2-4-7-5;;;;/h1-42H;1-28H;2-4,6-8H;1-4,6-7H;1-4H,(H,8,9);;;;/q;;2*-1;;;;+1;-1. The largest absolute Gasteiger partial charge is 1.00 e. The third kappa shape index (κ3) is 22.8. The van der Waals surface area contributed by atoms with Gasteiger partial charge in [0.05, 0.1) is 29.3 Å². The van der Waals surface area contributed by atoms with Gasteiger partial charge in [0.1, 0.15) is 11.4 Å². The predicted octanol–water partition coefficient (Wildman–Crippen LogP) is 29.6. The minimum Gasteiger partial charge on any atom is -1.00 e. The number of aromatic nitrogens is 3. The van der Waals surface area contributed by atoms with E-state index in [0.29, 0.717) is 28.1 Å². The number of carboxylic acid groups (broad SMARTS) is 1. The Balaban J connectivity index is 0.000000161. The average Bonchev–Trinajstić information content (AvgIpc) is 1.49. The number of carbonyl (C=O) groups excluding carboxylic acids is 1. The van der Waals surface area contributed by atoms with Gasteiger partial charge in [0.15, 0.2) is 5.78 Å². The summed E-state index contributed by atoms with van der Waals surface area (Å²) in [7, 11) is -3.23. The molecule has 0 atom stereocenters. The van der Waals surface area contributed by atoms with Gasteiger partial charge in [0.2, 0.25) is 0 Å². The molecule has 1 spiro atoms. The summed E-state index contributed by atoms with van der Waals surface area (Å²) in [5.41, 5.74) is 30.0. The smallest absolute Gasteiger partial charge is 1.00 e. The van der Waals surface area contributed by atoms with Gasteiger partial charge in [-0.25, -0.2) is 9.78 Å². The minimum atomic E-state index is -3.23. The molecule has 0 amide bonds. The number of fused-ring (bicyclic) bond motifs is 2. The van der Waals surface area contributed by atoms with Crippen molar-refractivity contribution in [2.45, 2.75) is 0 Å². The maximum absolute atomic E-state index is 15.3. The van der Waals surface area contributed by atoms with Crippen LogP contribution in [-0.4, -0.2) is 40.5 Å². The summed E-state index contributed by atoms with van der Waals surface area (Å²) in [5.74, 6) is -2.86. The van der Waals surface area contributed by atoms with Crippen molar-refractivity contribution in [3.63, 3.8) is 0 Å². The number of rotatable bonds is 17. The Bertz CT molecular complexity index is 7310. The topological polar surface area (TPSA) is 110 Å². The van der Waals surface area contributed by atoms with Crippen LogP contribution in [-0.2, 0) is 40.2 Å². The van der Waals surface area contributed by atoms with E-state index in [9.17, 15) is 18.0 Å². The van der Waals surface area contributed by atoms with Crippen molar-refractivity contribution in [3.8, 4) is 112 Å². The first-order chi connectivity index (χ1) is 69.4. The summed E-state index contributed by atoms with van der Waals surface area (Å²) < 4.78 is 49.4. The van der Waals surface area contributed by atoms with Crippen LogP contribution in [0.25, 0.3) is 116 Å². The Hall–Kier alpha value is -15.8. The molecular weight excluding hydrogens is 2180 g/mol. The molecule has 23 rings (SSSR count). The van der Waals surface area contributed by atoms with Crippen molar-refractivity contribution in [1.82, 2.24) is 15.0 Å². The Morgan fingerprint density at radius 2 is 0.569 bits per heavy atom. The first-order valence-corrected chi connectivity index (χ1v) is 47.7. The normalized spacial score (nSPS) is 11.5. The second kappa shape index (κ2) is 48.1. The monoisotopic (exact) mass is 2270 g/mol. The third-order valence-corrected chi connectivity index (χ3v) is 28.6. The van der Waals surface area contributed by atoms with E-state index in [1.54, 1.807) is 54.9 Å². The number of halogens is 3. The molecule has 3 aromatic heterocycles. The van der Waals surface area contributed by atoms with Crippen LogP contribution in [0.15, 0.2) is 522 Å². The van der Waals surface area contributed by atoms with Crippen LogP contribution < -0.4 is 69.6 Å². The number of carboxylic acids is 1. The first-order valence-electron chi connectivity index (χ1n) is 45.9. The zero-order valence-electron chi connectivity index (χ0n) is 78.8. The zero-order valence-corrected chi connectivity index (χ0v) is 86.7. The number of anilines is 8. The number of aromatic carboxylic acids is 1. The number of para-hydroxylation sites is 8. The molecule has 21 aromatic rings. The summed E-state index contributed by atoms with van der Waals surface area (Å²) in [6.45, 7) is 6.79. The van der Waals surface area contributed by atoms with E-state index >= 15 is 4.79 Å². The number of nitrogens with zero attached hydrogens (tertiary/aromatic N) is 8. The second-order valence-electron chi connectivity index (χ2n) is 33.2. The Morgan fingerprint density at radius 1 is 0.292 bits per heavy atom. The molecule has 144 heavy (non-hydrogen) atoms. The van der Waals surface area contributed by atoms with Crippen LogP contribution in [0.1, 0.15) is 27.8 Å². The molecule has 18 heteroatoms. The van der Waals surface area contributed by atoms with Gasteiger partial charge in [-0.2, -0.15) is 0 Å². The second-order valence-corrected chi connectivity index (χ2v) is 36.1. The SMILES string of the molecule is Fc1c[c-]c(-c2ccccn2)c(F)c1.O=C(O)c1ccccn1.O=C(c1cc(-c2cccc(-c3ccccc3)c2)cc(-c2cccc(-c3ccccc3)c2)c1)c1cc(-c2cccc(-c3ccccc3)c2)cc(-c2cccc(-c3ccccc3)c2)c1.[C-]#[N+]c1cc(-c2ccccn2)[c-]cc1F.[H-].[Ir].[Ir].[K+].c1ccc(N2c3ccccc3N(c3ccccc3)[Si]23N(c2ccccc2)c2ccccc2N3c2ccccc2)cc1. The van der Waals surface area contributed by atoms with Gasteiger partial charge in [-0.3, -0.25) is 22.8 Å². The summed E-state index contributed by atoms with van der Waals surface area (Å²) in [4.78, 5) is 40.2. The van der Waals surface area contributed by atoms with Crippen molar-refractivity contribution < 1.29 is 121 Å². The molecule has 18 aromatic carbocycles. The zero-order chi connectivity index (χ0) is 96.2. The van der Waals surface area contributed by atoms with Gasteiger partial charge in [0.25, 0.3) is 0 Å². The van der Waals surface area contributed by atoms with E-state index in [0.717, 1.165) is 107 Å². The Labute approximate surface area is 908 Å². The molecule has 11 nitrogen and oxygen atoms in total. The molecule has 1 N–H and O–H groups in total. The van der Waals surface area contributed by atoms with Gasteiger partial charge >= 0.3 is 66.1 Å². The van der Waals surface area contributed by atoms with Crippen LogP contribution >= 0.6 is 0 Å². The van der Waals surface area contributed by atoms with Crippen molar-refractivity contribution in [3.05, 3.63) is 580 Å². The fourth-order valence-electron chi connectivity index (χ4n) is 17.7. The maximum Gasteiger partial charge on any atom is 1.00 e. The van der Waals surface area contributed by atoms with Gasteiger partial charge < -0.3 is 34.8 Å². The van der Waals surface area contributed by atoms with Crippen molar-refractivity contribution in [1.29, 1.82) is 0 Å². The van der Waals surface area contributed by atoms with Gasteiger partial charge in [-0.15, -0.1) is 35.9 Å². The van der Waals surface area contributed by atoms with Gasteiger partial charge in [0, 0.05) is 110 Å². The molecule has 2 radical (unpaired) electrons. The molecule has 0 aliphatic carbocycles. The molecule has 2 aliphatic heterocycles. The molecule has 2 aliphatic rings. The Kier molecular flexibility index (Phi) is 33.8. The number of ketones is 1. The quantitative estimate of drug-likeness (QED) is 0.0538. The van der Waals surface area contributed by atoms with Crippen molar-refractivity contribution in [2.24, 2.45) is 0 Å². The number of hydrogen-bond acceptors (Lipinski definition) is 9. The fraction of sp³-hybridized carbons (Fsp3) is 0. The van der Waals surface area contributed by atoms with E-state index in [-0.39, 0.29) is 116 Å². The summed E-state index contributed by atoms with van der Waals surface area (Å²) >= 11 is 0. The van der Waals surface area contributed by atoms with E-state index in [1.165, 1.54) is 63.8 Å². The number of pyridine rings is 3. The molecule has 0 unspecified atom stereocenters. The number of carbonyl (C=O) groups is 2. The first kappa shape index (κ1) is 101. The Morgan fingerprint density at radius 3 is 0.854 bits per heavy atom. The molecule has 0 saturated heterocycles. The van der Waals surface area contributed by atoms with Crippen LogP contribution in [0, 0.1) is 36.2 Å². The number of benzene rings is 18. The summed E-state index contributed by atoms with van der Waals surface area (Å²) in [5, 5.41) is 8.32.